The molecule has 9 nitrogen and oxygen atoms in total. The van der Waals surface area contributed by atoms with E-state index in [4.69, 9.17) is 4.74 Å². The number of nitrogens with one attached hydrogen (secondary N) is 1. The number of methoxy groups -OCH3 is 1. The molecule has 9 heteroatoms. The first-order chi connectivity index (χ1) is 15.0. The van der Waals surface area contributed by atoms with Gasteiger partial charge in [-0.2, -0.15) is 5.10 Å². The summed E-state index contributed by atoms with van der Waals surface area (Å²) in [6.07, 6.45) is 2.76. The number of hydrogen-bond acceptors (Lipinski definition) is 6. The number of nitrogens with zero attached hydrogens (tertiary/aromatic N) is 4. The zero-order valence-corrected chi connectivity index (χ0v) is 16.9. The summed E-state index contributed by atoms with van der Waals surface area (Å²) < 4.78 is 7.50. The number of aryl methyl sites for hydroxylation is 1. The van der Waals surface area contributed by atoms with Crippen LogP contribution in [0.15, 0.2) is 65.8 Å². The minimum Gasteiger partial charge on any atom is -0.465 e. The number of benzene rings is 2. The van der Waals surface area contributed by atoms with E-state index in [-0.39, 0.29) is 12.1 Å². The van der Waals surface area contributed by atoms with Crippen molar-refractivity contribution in [2.24, 2.45) is 0 Å². The topological polar surface area (TPSA) is 108 Å². The number of carbonyl (C=O) groups is 2. The lowest BCUT2D eigenvalue weighted by molar-refractivity contribution is -0.116. The molecule has 0 aliphatic heterocycles. The van der Waals surface area contributed by atoms with E-state index in [1.165, 1.54) is 30.3 Å². The predicted octanol–water partition coefficient (Wildman–Crippen LogP) is 2.32. The predicted molar refractivity (Wildman–Crippen MR) is 114 cm³/mol. The van der Waals surface area contributed by atoms with Gasteiger partial charge < -0.3 is 10.1 Å². The van der Waals surface area contributed by atoms with Gasteiger partial charge in [-0.15, -0.1) is 0 Å². The molecule has 0 bridgehead atoms. The van der Waals surface area contributed by atoms with Crippen molar-refractivity contribution in [2.75, 3.05) is 12.4 Å². The van der Waals surface area contributed by atoms with Gasteiger partial charge >= 0.3 is 5.97 Å². The smallest absolute Gasteiger partial charge is 0.337 e. The Morgan fingerprint density at radius 3 is 2.65 bits per heavy atom. The van der Waals surface area contributed by atoms with Gasteiger partial charge in [0.2, 0.25) is 5.91 Å². The molecule has 1 N–H and O–H groups in total. The standard InChI is InChI=1S/C22H19N5O4/c1-14-8-9-15(22(30)31-2)10-18(14)25-19(28)12-26-13-23-20-17(21(26)29)11-24-27(20)16-6-4-3-5-7-16/h3-11,13H,12H2,1-2H3,(H,25,28). The van der Waals surface area contributed by atoms with Crippen LogP contribution in [-0.2, 0) is 16.1 Å². The largest absolute Gasteiger partial charge is 0.465 e. The van der Waals surface area contributed by atoms with E-state index in [9.17, 15) is 14.4 Å². The van der Waals surface area contributed by atoms with Crippen molar-refractivity contribution < 1.29 is 14.3 Å². The number of aromatic nitrogens is 4. The normalized spacial score (nSPS) is 10.8. The highest BCUT2D eigenvalue weighted by molar-refractivity contribution is 5.95. The molecule has 0 spiro atoms. The molecule has 2 heterocycles. The monoisotopic (exact) mass is 417 g/mol. The summed E-state index contributed by atoms with van der Waals surface area (Å²) in [5.74, 6) is -0.930. The molecule has 0 fully saturated rings. The van der Waals surface area contributed by atoms with Crippen LogP contribution in [0, 0.1) is 6.92 Å². The minimum atomic E-state index is -0.503. The van der Waals surface area contributed by atoms with E-state index in [1.54, 1.807) is 23.7 Å². The molecule has 0 unspecified atom stereocenters. The highest BCUT2D eigenvalue weighted by Gasteiger charge is 2.14. The summed E-state index contributed by atoms with van der Waals surface area (Å²) in [5.41, 5.74) is 2.37. The molecule has 0 aliphatic rings. The second kappa shape index (κ2) is 8.23. The molecule has 4 rings (SSSR count). The molecule has 0 aliphatic carbocycles. The molecular weight excluding hydrogens is 398 g/mol. The lowest BCUT2D eigenvalue weighted by Gasteiger charge is -2.11. The first-order valence-corrected chi connectivity index (χ1v) is 9.45. The summed E-state index contributed by atoms with van der Waals surface area (Å²) in [7, 11) is 1.29. The first-order valence-electron chi connectivity index (χ1n) is 9.45. The Morgan fingerprint density at radius 1 is 1.13 bits per heavy atom. The van der Waals surface area contributed by atoms with E-state index >= 15 is 0 Å². The lowest BCUT2D eigenvalue weighted by atomic mass is 10.1. The Morgan fingerprint density at radius 2 is 1.90 bits per heavy atom. The highest BCUT2D eigenvalue weighted by atomic mass is 16.5. The second-order valence-electron chi connectivity index (χ2n) is 6.88. The van der Waals surface area contributed by atoms with Gasteiger partial charge in [-0.05, 0) is 36.8 Å². The Hall–Kier alpha value is -4.27. The fraction of sp³-hybridized carbons (Fsp3) is 0.136. The maximum atomic E-state index is 12.8. The van der Waals surface area contributed by atoms with Crippen molar-refractivity contribution in [3.05, 3.63) is 82.5 Å². The third kappa shape index (κ3) is 3.93. The Kier molecular flexibility index (Phi) is 5.31. The average molecular weight is 417 g/mol. The van der Waals surface area contributed by atoms with E-state index in [2.05, 4.69) is 15.4 Å². The molecule has 2 aromatic carbocycles. The van der Waals surface area contributed by atoms with Crippen molar-refractivity contribution >= 4 is 28.6 Å². The lowest BCUT2D eigenvalue weighted by Crippen LogP contribution is -2.28. The second-order valence-corrected chi connectivity index (χ2v) is 6.88. The summed E-state index contributed by atoms with van der Waals surface area (Å²) >= 11 is 0. The molecular formula is C22H19N5O4. The van der Waals surface area contributed by atoms with Gasteiger partial charge in [0.1, 0.15) is 18.3 Å². The SMILES string of the molecule is COC(=O)c1ccc(C)c(NC(=O)Cn2cnc3c(cnn3-c3ccccc3)c2=O)c1. The van der Waals surface area contributed by atoms with Crippen molar-refractivity contribution in [3.8, 4) is 5.69 Å². The number of rotatable bonds is 5. The first kappa shape index (κ1) is 20.0. The third-order valence-corrected chi connectivity index (χ3v) is 4.80. The van der Waals surface area contributed by atoms with Gasteiger partial charge in [0.05, 0.1) is 24.6 Å². The Labute approximate surface area is 176 Å². The minimum absolute atomic E-state index is 0.236. The van der Waals surface area contributed by atoms with Crippen LogP contribution in [-0.4, -0.2) is 38.3 Å². The number of ether oxygens (including phenoxy) is 1. The number of hydrogen-bond donors (Lipinski definition) is 1. The Bertz CT molecular complexity index is 1340. The van der Waals surface area contributed by atoms with Crippen LogP contribution < -0.4 is 10.9 Å². The maximum Gasteiger partial charge on any atom is 0.337 e. The highest BCUT2D eigenvalue weighted by Crippen LogP contribution is 2.18. The number of esters is 1. The molecule has 2 aromatic heterocycles. The van der Waals surface area contributed by atoms with Crippen LogP contribution in [0.25, 0.3) is 16.7 Å². The van der Waals surface area contributed by atoms with Crippen LogP contribution in [0.2, 0.25) is 0 Å². The quantitative estimate of drug-likeness (QED) is 0.499. The summed E-state index contributed by atoms with van der Waals surface area (Å²) in [4.78, 5) is 41.5. The van der Waals surface area contributed by atoms with Crippen molar-refractivity contribution in [2.45, 2.75) is 13.5 Å². The number of anilines is 1. The van der Waals surface area contributed by atoms with Gasteiger partial charge in [-0.25, -0.2) is 14.5 Å². The fourth-order valence-corrected chi connectivity index (χ4v) is 3.17. The van der Waals surface area contributed by atoms with E-state index in [1.807, 2.05) is 30.3 Å². The Balaban J connectivity index is 1.58. The summed E-state index contributed by atoms with van der Waals surface area (Å²) in [6, 6.07) is 14.2. The summed E-state index contributed by atoms with van der Waals surface area (Å²) in [6.45, 7) is 1.56. The fourth-order valence-electron chi connectivity index (χ4n) is 3.17. The number of amides is 1. The molecule has 156 valence electrons. The molecule has 0 radical (unpaired) electrons. The number of para-hydroxylation sites is 1. The van der Waals surface area contributed by atoms with Crippen LogP contribution in [0.1, 0.15) is 15.9 Å². The van der Waals surface area contributed by atoms with Crippen molar-refractivity contribution in [1.82, 2.24) is 19.3 Å². The van der Waals surface area contributed by atoms with Crippen molar-refractivity contribution in [1.29, 1.82) is 0 Å². The van der Waals surface area contributed by atoms with Crippen LogP contribution in [0.4, 0.5) is 5.69 Å². The molecule has 0 saturated carbocycles. The summed E-state index contributed by atoms with van der Waals surface area (Å²) in [5, 5.41) is 7.29. The molecule has 1 amide bonds. The van der Waals surface area contributed by atoms with Gasteiger partial charge in [0.15, 0.2) is 5.65 Å². The van der Waals surface area contributed by atoms with Crippen LogP contribution in [0.5, 0.6) is 0 Å². The van der Waals surface area contributed by atoms with Gasteiger partial charge in [0.25, 0.3) is 5.56 Å². The van der Waals surface area contributed by atoms with Crippen molar-refractivity contribution in [3.63, 3.8) is 0 Å². The number of carbonyl (C=O) groups excluding carboxylic acids is 2. The molecule has 31 heavy (non-hydrogen) atoms. The molecule has 0 saturated heterocycles. The molecule has 0 atom stereocenters. The maximum absolute atomic E-state index is 12.8. The van der Waals surface area contributed by atoms with Gasteiger partial charge in [-0.3, -0.25) is 14.2 Å². The van der Waals surface area contributed by atoms with Crippen LogP contribution in [0.3, 0.4) is 0 Å². The zero-order valence-electron chi connectivity index (χ0n) is 16.9. The zero-order chi connectivity index (χ0) is 22.0. The number of fused-ring (bicyclic) bond motifs is 1. The van der Waals surface area contributed by atoms with Gasteiger partial charge in [0, 0.05) is 5.69 Å². The van der Waals surface area contributed by atoms with E-state index < -0.39 is 11.9 Å². The third-order valence-electron chi connectivity index (χ3n) is 4.80. The van der Waals surface area contributed by atoms with Crippen LogP contribution >= 0.6 is 0 Å². The molecule has 4 aromatic rings. The van der Waals surface area contributed by atoms with Gasteiger partial charge in [-0.1, -0.05) is 24.3 Å². The van der Waals surface area contributed by atoms with E-state index in [0.29, 0.717) is 22.3 Å². The van der Waals surface area contributed by atoms with E-state index in [0.717, 1.165) is 11.3 Å². The average Bonchev–Trinajstić information content (AvgIpc) is 3.22.